The van der Waals surface area contributed by atoms with E-state index in [1.165, 1.54) is 94.9 Å². The van der Waals surface area contributed by atoms with Gasteiger partial charge in [0.1, 0.15) is 0 Å². The van der Waals surface area contributed by atoms with E-state index in [0.717, 1.165) is 22.7 Å². The van der Waals surface area contributed by atoms with E-state index in [0.29, 0.717) is 0 Å². The Kier molecular flexibility index (Phi) is 9.99. The summed E-state index contributed by atoms with van der Waals surface area (Å²) in [5, 5.41) is 0. The molecule has 9 aromatic carbocycles. The molecular formula is C66H60BN3. The second-order valence-corrected chi connectivity index (χ2v) is 22.3. The van der Waals surface area contributed by atoms with Crippen LogP contribution < -0.4 is 31.1 Å². The molecule has 0 spiro atoms. The molecular weight excluding hydrogens is 846 g/mol. The van der Waals surface area contributed by atoms with Gasteiger partial charge in [-0.2, -0.15) is 0 Å². The van der Waals surface area contributed by atoms with Gasteiger partial charge in [0.25, 0.3) is 6.71 Å². The van der Waals surface area contributed by atoms with Crippen LogP contribution in [-0.2, 0) is 16.2 Å². The Morgan fingerprint density at radius 3 is 1.64 bits per heavy atom. The van der Waals surface area contributed by atoms with Crippen LogP contribution in [0.5, 0.6) is 0 Å². The van der Waals surface area contributed by atoms with Gasteiger partial charge in [-0.1, -0.05) is 177 Å². The number of rotatable bonds is 6. The summed E-state index contributed by atoms with van der Waals surface area (Å²) in [6, 6.07) is 75.5. The lowest BCUT2D eigenvalue weighted by Gasteiger charge is -2.45. The topological polar surface area (TPSA) is 9.72 Å². The highest BCUT2D eigenvalue weighted by molar-refractivity contribution is 7.00. The van der Waals surface area contributed by atoms with Gasteiger partial charge in [-0.3, -0.25) is 0 Å². The van der Waals surface area contributed by atoms with Crippen molar-refractivity contribution < 1.29 is 0 Å². The second kappa shape index (κ2) is 16.0. The first kappa shape index (κ1) is 43.7. The van der Waals surface area contributed by atoms with Crippen LogP contribution in [0.15, 0.2) is 200 Å². The molecule has 0 aromatic heterocycles. The average Bonchev–Trinajstić information content (AvgIpc) is 3.59. The van der Waals surface area contributed by atoms with Crippen LogP contribution in [0, 0.1) is 6.92 Å². The molecule has 9 aromatic rings. The molecule has 0 unspecified atom stereocenters. The normalized spacial score (nSPS) is 14.1. The third-order valence-electron chi connectivity index (χ3n) is 15.4. The summed E-state index contributed by atoms with van der Waals surface area (Å²) in [5.74, 6) is 0. The predicted molar refractivity (Wildman–Crippen MR) is 300 cm³/mol. The molecule has 70 heavy (non-hydrogen) atoms. The quantitative estimate of drug-likeness (QED) is 0.154. The summed E-state index contributed by atoms with van der Waals surface area (Å²) in [5.41, 5.74) is 25.9. The number of benzene rings is 9. The standard InChI is InChI=1S/C66H60BN3/c1-43-37-61-63-62(38-43)70(58-35-29-45(64(2,3)4)39-53(58)44-21-13-10-14-22-44)59-36-30-46(65(5,6)7)40-57(59)67(63)56-34-32-50(68(47-23-15-11-16-24-47)48-25-17-12-18-26-48)42-60(56)69(61)49-31-33-52-51-27-19-20-28-54(51)66(8,9)55(52)41-49/h10-42H,1-9H3. The first-order valence-electron chi connectivity index (χ1n) is 25.0. The second-order valence-electron chi connectivity index (χ2n) is 22.3. The Morgan fingerprint density at radius 1 is 0.414 bits per heavy atom. The average molecular weight is 906 g/mol. The van der Waals surface area contributed by atoms with Gasteiger partial charge in [-0.05, 0) is 158 Å². The summed E-state index contributed by atoms with van der Waals surface area (Å²) in [4.78, 5) is 7.61. The molecule has 1 aliphatic carbocycles. The van der Waals surface area contributed by atoms with E-state index in [2.05, 4.69) is 277 Å². The Hall–Kier alpha value is -7.56. The van der Waals surface area contributed by atoms with Crippen molar-refractivity contribution in [1.29, 1.82) is 0 Å². The predicted octanol–water partition coefficient (Wildman–Crippen LogP) is 16.1. The largest absolute Gasteiger partial charge is 0.311 e. The number of nitrogens with zero attached hydrogens (tertiary/aromatic N) is 3. The Labute approximate surface area is 415 Å². The summed E-state index contributed by atoms with van der Waals surface area (Å²) in [7, 11) is 0. The first-order valence-corrected chi connectivity index (χ1v) is 25.0. The van der Waals surface area contributed by atoms with Crippen molar-refractivity contribution in [3.8, 4) is 22.3 Å². The Bertz CT molecular complexity index is 3470. The van der Waals surface area contributed by atoms with Crippen LogP contribution in [0.2, 0.25) is 0 Å². The first-order chi connectivity index (χ1) is 33.7. The molecule has 2 heterocycles. The fraction of sp³-hybridized carbons (Fsp3) is 0.182. The van der Waals surface area contributed by atoms with Crippen molar-refractivity contribution in [2.45, 2.75) is 78.6 Å². The molecule has 0 N–H and O–H groups in total. The molecule has 0 amide bonds. The smallest absolute Gasteiger partial charge is 0.252 e. The molecule has 0 bridgehead atoms. The van der Waals surface area contributed by atoms with E-state index in [1.54, 1.807) is 0 Å². The van der Waals surface area contributed by atoms with Gasteiger partial charge in [0.05, 0.1) is 5.69 Å². The number of fused-ring (bicyclic) bond motifs is 7. The van der Waals surface area contributed by atoms with Crippen molar-refractivity contribution in [1.82, 2.24) is 0 Å². The Balaban J connectivity index is 1.17. The van der Waals surface area contributed by atoms with E-state index < -0.39 is 0 Å². The lowest BCUT2D eigenvalue weighted by atomic mass is 9.33. The van der Waals surface area contributed by atoms with E-state index >= 15 is 0 Å². The van der Waals surface area contributed by atoms with Crippen LogP contribution in [0.4, 0.5) is 51.2 Å². The lowest BCUT2D eigenvalue weighted by Crippen LogP contribution is -2.61. The maximum Gasteiger partial charge on any atom is 0.252 e. The van der Waals surface area contributed by atoms with Crippen molar-refractivity contribution >= 4 is 74.3 Å². The van der Waals surface area contributed by atoms with Crippen molar-refractivity contribution in [3.05, 3.63) is 228 Å². The van der Waals surface area contributed by atoms with Gasteiger partial charge in [0.15, 0.2) is 0 Å². The third-order valence-corrected chi connectivity index (χ3v) is 15.4. The number of hydrogen-bond donors (Lipinski definition) is 0. The van der Waals surface area contributed by atoms with E-state index in [-0.39, 0.29) is 23.0 Å². The zero-order valence-corrected chi connectivity index (χ0v) is 42.0. The molecule has 342 valence electrons. The molecule has 12 rings (SSSR count). The highest BCUT2D eigenvalue weighted by atomic mass is 15.2. The van der Waals surface area contributed by atoms with Crippen LogP contribution in [0.1, 0.15) is 83.2 Å². The minimum Gasteiger partial charge on any atom is -0.311 e. The van der Waals surface area contributed by atoms with Crippen LogP contribution in [0.25, 0.3) is 22.3 Å². The minimum absolute atomic E-state index is 0.0253. The fourth-order valence-corrected chi connectivity index (χ4v) is 11.7. The maximum absolute atomic E-state index is 2.60. The number of anilines is 9. The SMILES string of the molecule is Cc1cc2c3c(c1)N(c1ccc(C(C)(C)C)cc1-c1ccccc1)c1ccc(C(C)(C)C)cc1B3c1ccc(N(c3ccccc3)c3ccccc3)cc1N2c1ccc2c(c1)C(C)(C)c1ccccc1-2. The van der Waals surface area contributed by atoms with Gasteiger partial charge in [0.2, 0.25) is 0 Å². The molecule has 4 heteroatoms. The van der Waals surface area contributed by atoms with E-state index in [1.807, 2.05) is 0 Å². The summed E-state index contributed by atoms with van der Waals surface area (Å²) in [6.45, 7) is 21.0. The highest BCUT2D eigenvalue weighted by Crippen LogP contribution is 2.53. The molecule has 0 saturated heterocycles. The van der Waals surface area contributed by atoms with Crippen molar-refractivity contribution in [2.75, 3.05) is 14.7 Å². The van der Waals surface area contributed by atoms with Gasteiger partial charge >= 0.3 is 0 Å². The zero-order valence-electron chi connectivity index (χ0n) is 42.0. The zero-order chi connectivity index (χ0) is 48.3. The number of para-hydroxylation sites is 2. The third kappa shape index (κ3) is 6.94. The van der Waals surface area contributed by atoms with Gasteiger partial charge in [-0.15, -0.1) is 0 Å². The molecule has 3 nitrogen and oxygen atoms in total. The molecule has 0 atom stereocenters. The highest BCUT2D eigenvalue weighted by Gasteiger charge is 2.45. The molecule has 0 saturated carbocycles. The van der Waals surface area contributed by atoms with E-state index in [9.17, 15) is 0 Å². The monoisotopic (exact) mass is 905 g/mol. The van der Waals surface area contributed by atoms with Gasteiger partial charge in [-0.25, -0.2) is 0 Å². The summed E-state index contributed by atoms with van der Waals surface area (Å²) >= 11 is 0. The molecule has 2 aliphatic heterocycles. The molecule has 3 aliphatic rings. The van der Waals surface area contributed by atoms with Gasteiger partial charge < -0.3 is 14.7 Å². The fourth-order valence-electron chi connectivity index (χ4n) is 11.7. The van der Waals surface area contributed by atoms with Crippen molar-refractivity contribution in [2.24, 2.45) is 0 Å². The van der Waals surface area contributed by atoms with Crippen molar-refractivity contribution in [3.63, 3.8) is 0 Å². The number of aryl methyl sites for hydroxylation is 1. The van der Waals surface area contributed by atoms with Crippen LogP contribution in [-0.4, -0.2) is 6.71 Å². The lowest BCUT2D eigenvalue weighted by molar-refractivity contribution is 0.590. The maximum atomic E-state index is 2.60. The van der Waals surface area contributed by atoms with Gasteiger partial charge in [0, 0.05) is 56.5 Å². The summed E-state index contributed by atoms with van der Waals surface area (Å²) < 4.78 is 0. The Morgan fingerprint density at radius 2 is 0.986 bits per heavy atom. The number of hydrogen-bond acceptors (Lipinski definition) is 3. The van der Waals surface area contributed by atoms with E-state index in [4.69, 9.17) is 0 Å². The minimum atomic E-state index is -0.166. The summed E-state index contributed by atoms with van der Waals surface area (Å²) in [6.07, 6.45) is 0. The molecule has 0 fully saturated rings. The van der Waals surface area contributed by atoms with Crippen LogP contribution in [0.3, 0.4) is 0 Å². The van der Waals surface area contributed by atoms with Crippen LogP contribution >= 0.6 is 0 Å². The molecule has 0 radical (unpaired) electrons.